The normalized spacial score (nSPS) is 12.4. The van der Waals surface area contributed by atoms with E-state index >= 15 is 0 Å². The Morgan fingerprint density at radius 3 is 1.81 bits per heavy atom. The average Bonchev–Trinajstić information content (AvgIpc) is 2.03. The predicted molar refractivity (Wildman–Crippen MR) is 65.0 cm³/mol. The van der Waals surface area contributed by atoms with E-state index in [0.29, 0.717) is 5.88 Å². The summed E-state index contributed by atoms with van der Waals surface area (Å²) in [5.41, 5.74) is -0.423. The molecule has 0 aliphatic rings. The van der Waals surface area contributed by atoms with Crippen LogP contribution < -0.4 is 9.47 Å². The smallest absolute Gasteiger partial charge is 0.213 e. The van der Waals surface area contributed by atoms with Gasteiger partial charge in [-0.3, -0.25) is 0 Å². The Morgan fingerprint density at radius 2 is 1.44 bits per heavy atom. The lowest BCUT2D eigenvalue weighted by atomic mass is 10.2. The van der Waals surface area contributed by atoms with Crippen molar-refractivity contribution in [3.05, 3.63) is 18.3 Å². The van der Waals surface area contributed by atoms with Crippen molar-refractivity contribution >= 4 is 0 Å². The van der Waals surface area contributed by atoms with E-state index in [0.717, 1.165) is 5.75 Å². The van der Waals surface area contributed by atoms with Gasteiger partial charge in [-0.2, -0.15) is 0 Å². The van der Waals surface area contributed by atoms with Crippen LogP contribution in [0.2, 0.25) is 0 Å². The Labute approximate surface area is 97.8 Å². The zero-order valence-corrected chi connectivity index (χ0v) is 11.0. The molecule has 0 fully saturated rings. The van der Waals surface area contributed by atoms with Crippen LogP contribution in [0.1, 0.15) is 41.5 Å². The van der Waals surface area contributed by atoms with Gasteiger partial charge in [0.2, 0.25) is 5.88 Å². The van der Waals surface area contributed by atoms with Crippen LogP contribution in [-0.4, -0.2) is 16.2 Å². The molecule has 3 heteroatoms. The molecule has 0 unspecified atom stereocenters. The summed E-state index contributed by atoms with van der Waals surface area (Å²) >= 11 is 0. The van der Waals surface area contributed by atoms with Crippen LogP contribution in [0.4, 0.5) is 0 Å². The topological polar surface area (TPSA) is 31.4 Å². The molecule has 0 saturated carbocycles. The monoisotopic (exact) mass is 223 g/mol. The van der Waals surface area contributed by atoms with E-state index in [1.54, 1.807) is 6.20 Å². The van der Waals surface area contributed by atoms with E-state index in [4.69, 9.17) is 9.47 Å². The maximum atomic E-state index is 5.67. The van der Waals surface area contributed by atoms with Crippen LogP contribution in [0.3, 0.4) is 0 Å². The van der Waals surface area contributed by atoms with Crippen molar-refractivity contribution in [2.24, 2.45) is 0 Å². The van der Waals surface area contributed by atoms with E-state index in [1.807, 2.05) is 53.7 Å². The number of rotatable bonds is 2. The SMILES string of the molecule is CC(C)(C)Oc1ccc(OC(C)(C)C)nc1. The van der Waals surface area contributed by atoms with Crippen molar-refractivity contribution < 1.29 is 9.47 Å². The van der Waals surface area contributed by atoms with Crippen LogP contribution in [0.15, 0.2) is 18.3 Å². The number of hydrogen-bond donors (Lipinski definition) is 0. The van der Waals surface area contributed by atoms with Gasteiger partial charge in [0.25, 0.3) is 0 Å². The highest BCUT2D eigenvalue weighted by atomic mass is 16.5. The van der Waals surface area contributed by atoms with Gasteiger partial charge in [0.15, 0.2) is 0 Å². The highest BCUT2D eigenvalue weighted by molar-refractivity contribution is 5.23. The van der Waals surface area contributed by atoms with Gasteiger partial charge in [0, 0.05) is 6.07 Å². The summed E-state index contributed by atoms with van der Waals surface area (Å²) in [5, 5.41) is 0. The number of nitrogens with zero attached hydrogens (tertiary/aromatic N) is 1. The van der Waals surface area contributed by atoms with Gasteiger partial charge in [-0.25, -0.2) is 4.98 Å². The first-order valence-electron chi connectivity index (χ1n) is 5.50. The van der Waals surface area contributed by atoms with Crippen molar-refractivity contribution in [1.82, 2.24) is 4.98 Å². The van der Waals surface area contributed by atoms with E-state index in [9.17, 15) is 0 Å². The average molecular weight is 223 g/mol. The molecule has 0 aliphatic heterocycles. The predicted octanol–water partition coefficient (Wildman–Crippen LogP) is 3.44. The number of pyridine rings is 1. The van der Waals surface area contributed by atoms with Crippen molar-refractivity contribution in [2.45, 2.75) is 52.7 Å². The largest absolute Gasteiger partial charge is 0.487 e. The highest BCUT2D eigenvalue weighted by Crippen LogP contribution is 2.21. The molecule has 0 spiro atoms. The summed E-state index contributed by atoms with van der Waals surface area (Å²) in [5.74, 6) is 1.38. The van der Waals surface area contributed by atoms with Gasteiger partial charge in [0.1, 0.15) is 17.0 Å². The van der Waals surface area contributed by atoms with E-state index in [2.05, 4.69) is 4.98 Å². The zero-order valence-electron chi connectivity index (χ0n) is 11.0. The fourth-order valence-electron chi connectivity index (χ4n) is 1.15. The van der Waals surface area contributed by atoms with Crippen molar-refractivity contribution in [3.8, 4) is 11.6 Å². The molecule has 0 N–H and O–H groups in total. The second kappa shape index (κ2) is 4.32. The van der Waals surface area contributed by atoms with E-state index in [1.165, 1.54) is 0 Å². The summed E-state index contributed by atoms with van der Waals surface area (Å²) in [7, 11) is 0. The minimum absolute atomic E-state index is 0.200. The second-order valence-electron chi connectivity index (χ2n) is 5.76. The second-order valence-corrected chi connectivity index (χ2v) is 5.76. The van der Waals surface area contributed by atoms with Crippen LogP contribution in [0, 0.1) is 0 Å². The molecule has 0 atom stereocenters. The van der Waals surface area contributed by atoms with Crippen LogP contribution in [0.5, 0.6) is 11.6 Å². The lowest BCUT2D eigenvalue weighted by molar-refractivity contribution is 0.119. The number of ether oxygens (including phenoxy) is 2. The molecular formula is C13H21NO2. The lowest BCUT2D eigenvalue weighted by Crippen LogP contribution is -2.24. The molecule has 0 saturated heterocycles. The molecule has 1 aromatic rings. The summed E-state index contributed by atoms with van der Waals surface area (Å²) in [4.78, 5) is 4.20. The quantitative estimate of drug-likeness (QED) is 0.769. The number of hydrogen-bond acceptors (Lipinski definition) is 3. The van der Waals surface area contributed by atoms with Gasteiger partial charge in [0.05, 0.1) is 6.20 Å². The van der Waals surface area contributed by atoms with Crippen molar-refractivity contribution in [3.63, 3.8) is 0 Å². The third kappa shape index (κ3) is 5.01. The van der Waals surface area contributed by atoms with E-state index in [-0.39, 0.29) is 11.2 Å². The summed E-state index contributed by atoms with van der Waals surface area (Å²) < 4.78 is 11.3. The van der Waals surface area contributed by atoms with Crippen molar-refractivity contribution in [2.75, 3.05) is 0 Å². The maximum Gasteiger partial charge on any atom is 0.213 e. The molecule has 3 nitrogen and oxygen atoms in total. The van der Waals surface area contributed by atoms with Gasteiger partial charge in [-0.05, 0) is 47.6 Å². The first kappa shape index (κ1) is 12.8. The first-order chi connectivity index (χ1) is 7.16. The fourth-order valence-corrected chi connectivity index (χ4v) is 1.15. The van der Waals surface area contributed by atoms with Gasteiger partial charge in [-0.1, -0.05) is 0 Å². The molecule has 1 rings (SSSR count). The maximum absolute atomic E-state index is 5.67. The standard InChI is InChI=1S/C13H21NO2/c1-12(2,3)15-10-7-8-11(14-9-10)16-13(4,5)6/h7-9H,1-6H3. The van der Waals surface area contributed by atoms with Crippen LogP contribution in [0.25, 0.3) is 0 Å². The fraction of sp³-hybridized carbons (Fsp3) is 0.615. The molecule has 0 aromatic carbocycles. The molecule has 90 valence electrons. The molecule has 0 radical (unpaired) electrons. The van der Waals surface area contributed by atoms with Crippen LogP contribution >= 0.6 is 0 Å². The number of aromatic nitrogens is 1. The molecule has 0 amide bonds. The van der Waals surface area contributed by atoms with Crippen LogP contribution in [-0.2, 0) is 0 Å². The molecular weight excluding hydrogens is 202 g/mol. The van der Waals surface area contributed by atoms with E-state index < -0.39 is 0 Å². The van der Waals surface area contributed by atoms with Gasteiger partial charge >= 0.3 is 0 Å². The first-order valence-corrected chi connectivity index (χ1v) is 5.50. The van der Waals surface area contributed by atoms with Gasteiger partial charge in [-0.15, -0.1) is 0 Å². The third-order valence-corrected chi connectivity index (χ3v) is 1.54. The highest BCUT2D eigenvalue weighted by Gasteiger charge is 2.14. The van der Waals surface area contributed by atoms with Crippen molar-refractivity contribution in [1.29, 1.82) is 0 Å². The Bertz CT molecular complexity index is 295. The minimum atomic E-state index is -0.223. The Kier molecular flexibility index (Phi) is 3.46. The molecule has 0 aliphatic carbocycles. The van der Waals surface area contributed by atoms with Gasteiger partial charge < -0.3 is 9.47 Å². The molecule has 16 heavy (non-hydrogen) atoms. The molecule has 1 aromatic heterocycles. The lowest BCUT2D eigenvalue weighted by Gasteiger charge is -2.22. The Morgan fingerprint density at radius 1 is 0.875 bits per heavy atom. The zero-order chi connectivity index (χ0) is 12.4. The third-order valence-electron chi connectivity index (χ3n) is 1.54. The summed E-state index contributed by atoms with van der Waals surface area (Å²) in [6.45, 7) is 12.0. The molecule has 1 heterocycles. The summed E-state index contributed by atoms with van der Waals surface area (Å²) in [6.07, 6.45) is 1.69. The summed E-state index contributed by atoms with van der Waals surface area (Å²) in [6, 6.07) is 3.70. The Balaban J connectivity index is 2.69. The Hall–Kier alpha value is -1.25. The minimum Gasteiger partial charge on any atom is -0.487 e. The molecule has 0 bridgehead atoms.